The summed E-state index contributed by atoms with van der Waals surface area (Å²) in [7, 11) is 1.71. The average Bonchev–Trinajstić information content (AvgIpc) is 3.54. The van der Waals surface area contributed by atoms with Crippen molar-refractivity contribution < 1.29 is 14.6 Å². The molecule has 176 valence electrons. The van der Waals surface area contributed by atoms with Gasteiger partial charge in [0.2, 0.25) is 5.91 Å². The van der Waals surface area contributed by atoms with Gasteiger partial charge in [-0.1, -0.05) is 29.5 Å². The summed E-state index contributed by atoms with van der Waals surface area (Å²) in [5.41, 5.74) is 1.74. The highest BCUT2D eigenvalue weighted by Crippen LogP contribution is 2.64. The first-order chi connectivity index (χ1) is 16.5. The molecular weight excluding hydrogens is 468 g/mol. The zero-order valence-electron chi connectivity index (χ0n) is 18.8. The van der Waals surface area contributed by atoms with Crippen molar-refractivity contribution in [3.05, 3.63) is 68.6 Å². The maximum Gasteiger partial charge on any atom is 0.308 e. The number of aromatic nitrogens is 1. The summed E-state index contributed by atoms with van der Waals surface area (Å²) < 4.78 is 7.41. The Morgan fingerprint density at radius 3 is 2.71 bits per heavy atom. The van der Waals surface area contributed by atoms with Gasteiger partial charge in [-0.3, -0.25) is 14.2 Å². The van der Waals surface area contributed by atoms with Crippen LogP contribution in [-0.2, 0) is 11.3 Å². The molecule has 1 aliphatic heterocycles. The molecule has 2 bridgehead atoms. The van der Waals surface area contributed by atoms with E-state index in [2.05, 4.69) is 11.4 Å². The number of nitrogens with one attached hydrogen (secondary N) is 1. The number of benzene rings is 2. The number of rotatable bonds is 5. The number of carbonyl (C=O) groups excluding carboxylic acids is 1. The predicted molar refractivity (Wildman–Crippen MR) is 134 cm³/mol. The number of amides is 1. The second kappa shape index (κ2) is 8.50. The maximum absolute atomic E-state index is 13.2. The van der Waals surface area contributed by atoms with Crippen molar-refractivity contribution in [2.45, 2.75) is 42.0 Å². The van der Waals surface area contributed by atoms with Gasteiger partial charge in [0.15, 0.2) is 0 Å². The zero-order chi connectivity index (χ0) is 23.4. The van der Waals surface area contributed by atoms with Crippen LogP contribution >= 0.6 is 23.1 Å². The summed E-state index contributed by atoms with van der Waals surface area (Å²) in [6.45, 7) is -0.0251. The third-order valence-corrected chi connectivity index (χ3v) is 10.4. The quantitative estimate of drug-likeness (QED) is 0.493. The van der Waals surface area contributed by atoms with Gasteiger partial charge in [0.05, 0.1) is 12.1 Å². The van der Waals surface area contributed by atoms with Gasteiger partial charge < -0.3 is 15.2 Å². The Morgan fingerprint density at radius 1 is 1.15 bits per heavy atom. The summed E-state index contributed by atoms with van der Waals surface area (Å²) >= 11 is 3.10. The summed E-state index contributed by atoms with van der Waals surface area (Å²) in [5, 5.41) is 13.7. The number of ether oxygens (including phenoxy) is 1. The van der Waals surface area contributed by atoms with Crippen molar-refractivity contribution >= 4 is 34.7 Å². The molecule has 34 heavy (non-hydrogen) atoms. The molecule has 1 amide bonds. The highest BCUT2D eigenvalue weighted by Gasteiger charge is 2.55. The van der Waals surface area contributed by atoms with Gasteiger partial charge in [0.25, 0.3) is 0 Å². The molecule has 2 saturated carbocycles. The maximum atomic E-state index is 13.2. The van der Waals surface area contributed by atoms with Crippen molar-refractivity contribution in [2.24, 2.45) is 17.8 Å². The number of phenols is 1. The largest absolute Gasteiger partial charge is 0.508 e. The smallest absolute Gasteiger partial charge is 0.308 e. The van der Waals surface area contributed by atoms with Crippen LogP contribution < -0.4 is 14.9 Å². The summed E-state index contributed by atoms with van der Waals surface area (Å²) in [6, 6.07) is 14.5. The van der Waals surface area contributed by atoms with E-state index in [1.54, 1.807) is 23.8 Å². The number of aromatic hydroxyl groups is 1. The fraction of sp³-hybridized carbons (Fsp3) is 0.385. The third-order valence-electron chi connectivity index (χ3n) is 7.62. The second-order valence-corrected chi connectivity index (χ2v) is 11.6. The molecule has 2 heterocycles. The van der Waals surface area contributed by atoms with Gasteiger partial charge in [0, 0.05) is 27.3 Å². The first-order valence-electron chi connectivity index (χ1n) is 11.7. The Balaban J connectivity index is 1.38. The Labute approximate surface area is 206 Å². The SMILES string of the molecule is COc1ccccc1[C@@H]1c2sc(=O)n(CC(=O)Nc3ccc(O)cc3)c2S[C@@H]2[C@H]3CC[C@@H](C3)[C@@H]12. The Bertz CT molecular complexity index is 1300. The Kier molecular flexibility index (Phi) is 5.45. The third kappa shape index (κ3) is 3.55. The van der Waals surface area contributed by atoms with E-state index >= 15 is 0 Å². The van der Waals surface area contributed by atoms with Crippen molar-refractivity contribution in [1.29, 1.82) is 0 Å². The molecule has 0 spiro atoms. The Morgan fingerprint density at radius 2 is 1.91 bits per heavy atom. The number of phenolic OH excluding ortho intramolecular Hbond substituents is 1. The molecule has 8 heteroatoms. The lowest BCUT2D eigenvalue weighted by Crippen LogP contribution is -2.35. The number of thioether (sulfide) groups is 1. The average molecular weight is 495 g/mol. The number of hydrogen-bond donors (Lipinski definition) is 2. The number of thiazole rings is 1. The molecule has 2 aliphatic carbocycles. The van der Waals surface area contributed by atoms with Gasteiger partial charge in [-0.15, -0.1) is 11.8 Å². The molecule has 0 unspecified atom stereocenters. The molecule has 3 aromatic rings. The molecule has 6 rings (SSSR count). The molecule has 6 nitrogen and oxygen atoms in total. The lowest BCUT2D eigenvalue weighted by molar-refractivity contribution is -0.116. The molecule has 3 aliphatic rings. The molecule has 0 saturated heterocycles. The van der Waals surface area contributed by atoms with Crippen molar-refractivity contribution in [3.8, 4) is 11.5 Å². The van der Waals surface area contributed by atoms with E-state index in [-0.39, 0.29) is 29.0 Å². The van der Waals surface area contributed by atoms with E-state index in [1.807, 2.05) is 30.0 Å². The predicted octanol–water partition coefficient (Wildman–Crippen LogP) is 4.92. The monoisotopic (exact) mass is 494 g/mol. The summed E-state index contributed by atoms with van der Waals surface area (Å²) in [6.07, 6.45) is 3.77. The minimum atomic E-state index is -0.252. The van der Waals surface area contributed by atoms with Gasteiger partial charge in [-0.25, -0.2) is 0 Å². The summed E-state index contributed by atoms with van der Waals surface area (Å²) in [5.74, 6) is 2.70. The van der Waals surface area contributed by atoms with Crippen LogP contribution in [0.5, 0.6) is 11.5 Å². The van der Waals surface area contributed by atoms with Crippen LogP contribution in [0.15, 0.2) is 58.4 Å². The molecule has 5 atom stereocenters. The van der Waals surface area contributed by atoms with Crippen LogP contribution in [0.3, 0.4) is 0 Å². The molecule has 1 aromatic heterocycles. The fourth-order valence-corrected chi connectivity index (χ4v) is 9.39. The van der Waals surface area contributed by atoms with Crippen LogP contribution in [0.4, 0.5) is 5.69 Å². The van der Waals surface area contributed by atoms with Gasteiger partial charge in [0.1, 0.15) is 18.0 Å². The zero-order valence-corrected chi connectivity index (χ0v) is 20.4. The topological polar surface area (TPSA) is 80.6 Å². The van der Waals surface area contributed by atoms with Gasteiger partial charge in [-0.2, -0.15) is 0 Å². The van der Waals surface area contributed by atoms with Crippen molar-refractivity contribution in [1.82, 2.24) is 4.57 Å². The minimum absolute atomic E-state index is 0.0251. The van der Waals surface area contributed by atoms with Crippen LogP contribution in [0.1, 0.15) is 35.6 Å². The fourth-order valence-electron chi connectivity index (χ4n) is 6.25. The van der Waals surface area contributed by atoms with Gasteiger partial charge >= 0.3 is 4.87 Å². The number of carbonyl (C=O) groups is 1. The van der Waals surface area contributed by atoms with Crippen LogP contribution in [0.25, 0.3) is 0 Å². The lowest BCUT2D eigenvalue weighted by Gasteiger charge is -2.40. The van der Waals surface area contributed by atoms with E-state index in [4.69, 9.17) is 4.74 Å². The molecule has 2 aromatic carbocycles. The van der Waals surface area contributed by atoms with E-state index < -0.39 is 0 Å². The van der Waals surface area contributed by atoms with Crippen molar-refractivity contribution in [2.75, 3.05) is 12.4 Å². The number of methoxy groups -OCH3 is 1. The molecular formula is C26H26N2O4S2. The molecule has 2 N–H and O–H groups in total. The summed E-state index contributed by atoms with van der Waals surface area (Å²) in [4.78, 5) is 27.0. The first kappa shape index (κ1) is 21.8. The number of fused-ring (bicyclic) bond motifs is 6. The lowest BCUT2D eigenvalue weighted by atomic mass is 9.74. The minimum Gasteiger partial charge on any atom is -0.508 e. The normalized spacial score (nSPS) is 26.7. The van der Waals surface area contributed by atoms with Crippen molar-refractivity contribution in [3.63, 3.8) is 0 Å². The van der Waals surface area contributed by atoms with Crippen LogP contribution in [-0.4, -0.2) is 27.9 Å². The standard InChI is InChI=1S/C26H26N2O4S2/c1-32-19-5-3-2-4-18(19)22-21-14-6-7-15(12-14)23(21)33-25-24(22)34-26(31)28(25)13-20(30)27-16-8-10-17(29)11-9-16/h2-5,8-11,14-15,21-23,29H,6-7,12-13H2,1H3,(H,27,30)/t14-,15-,21-,22-,23+/m0/s1. The number of hydrogen-bond acceptors (Lipinski definition) is 6. The number of nitrogens with zero attached hydrogens (tertiary/aromatic N) is 1. The number of para-hydroxylation sites is 1. The highest BCUT2D eigenvalue weighted by molar-refractivity contribution is 8.00. The molecule has 0 radical (unpaired) electrons. The van der Waals surface area contributed by atoms with E-state index in [1.165, 1.54) is 42.7 Å². The second-order valence-electron chi connectivity index (χ2n) is 9.43. The first-order valence-corrected chi connectivity index (χ1v) is 13.3. The highest BCUT2D eigenvalue weighted by atomic mass is 32.2. The van der Waals surface area contributed by atoms with E-state index in [9.17, 15) is 14.7 Å². The van der Waals surface area contributed by atoms with Crippen LogP contribution in [0.2, 0.25) is 0 Å². The molecule has 2 fully saturated rings. The Hall–Kier alpha value is -2.71. The van der Waals surface area contributed by atoms with E-state index in [0.717, 1.165) is 21.2 Å². The van der Waals surface area contributed by atoms with Crippen LogP contribution in [0, 0.1) is 17.8 Å². The van der Waals surface area contributed by atoms with Gasteiger partial charge in [-0.05, 0) is 67.3 Å². The number of anilines is 1. The van der Waals surface area contributed by atoms with E-state index in [0.29, 0.717) is 28.7 Å².